The first-order valence-electron chi connectivity index (χ1n) is 9.69. The van der Waals surface area contributed by atoms with Gasteiger partial charge in [0.25, 0.3) is 0 Å². The van der Waals surface area contributed by atoms with E-state index in [2.05, 4.69) is 4.99 Å². The molecule has 0 radical (unpaired) electrons. The summed E-state index contributed by atoms with van der Waals surface area (Å²) in [4.78, 5) is 20.3. The van der Waals surface area contributed by atoms with Crippen molar-refractivity contribution in [3.8, 4) is 0 Å². The van der Waals surface area contributed by atoms with E-state index in [4.69, 9.17) is 24.7 Å². The molecule has 10 heteroatoms. The van der Waals surface area contributed by atoms with E-state index in [0.29, 0.717) is 58.5 Å². The number of halogens is 1. The minimum atomic E-state index is -0.494. The average molecular weight is 512 g/mol. The minimum Gasteiger partial charge on any atom is -0.444 e. The van der Waals surface area contributed by atoms with Crippen molar-refractivity contribution in [3.63, 3.8) is 0 Å². The van der Waals surface area contributed by atoms with Crippen LogP contribution in [0.5, 0.6) is 0 Å². The lowest BCUT2D eigenvalue weighted by Gasteiger charge is -2.36. The van der Waals surface area contributed by atoms with E-state index in [1.54, 1.807) is 4.90 Å². The number of amides is 1. The van der Waals surface area contributed by atoms with Crippen LogP contribution in [0.3, 0.4) is 0 Å². The molecule has 3 aliphatic rings. The second-order valence-corrected chi connectivity index (χ2v) is 8.23. The van der Waals surface area contributed by atoms with Crippen LogP contribution < -0.4 is 5.73 Å². The molecule has 3 saturated heterocycles. The molecule has 9 nitrogen and oxygen atoms in total. The second-order valence-electron chi connectivity index (χ2n) is 8.23. The topological polar surface area (TPSA) is 98.9 Å². The van der Waals surface area contributed by atoms with E-state index in [1.165, 1.54) is 0 Å². The maximum atomic E-state index is 12.1. The number of carbonyl (C=O) groups excluding carboxylic acids is 1. The number of piperazine rings is 1. The molecule has 0 bridgehead atoms. The van der Waals surface area contributed by atoms with Gasteiger partial charge in [0.05, 0.1) is 26.4 Å². The van der Waals surface area contributed by atoms with Gasteiger partial charge in [-0.25, -0.2) is 4.79 Å². The third-order valence-electron chi connectivity index (χ3n) is 4.88. The molecule has 3 aliphatic heterocycles. The second kappa shape index (κ2) is 9.77. The Morgan fingerprint density at radius 3 is 2.39 bits per heavy atom. The van der Waals surface area contributed by atoms with Crippen molar-refractivity contribution in [3.05, 3.63) is 0 Å². The molecular weight excluding hydrogens is 479 g/mol. The van der Waals surface area contributed by atoms with Crippen molar-refractivity contribution < 1.29 is 23.7 Å². The molecule has 3 rings (SSSR count). The summed E-state index contributed by atoms with van der Waals surface area (Å²) in [6, 6.07) is 0. The van der Waals surface area contributed by atoms with E-state index in [1.807, 2.05) is 25.7 Å². The molecule has 1 spiro atoms. The molecule has 28 heavy (non-hydrogen) atoms. The highest BCUT2D eigenvalue weighted by atomic mass is 127. The van der Waals surface area contributed by atoms with Crippen molar-refractivity contribution in [2.75, 3.05) is 52.5 Å². The number of hydrogen-bond acceptors (Lipinski definition) is 6. The minimum absolute atomic E-state index is 0. The number of aliphatic imine (C=N–C) groups is 1. The average Bonchev–Trinajstić information content (AvgIpc) is 3.01. The van der Waals surface area contributed by atoms with Gasteiger partial charge in [0, 0.05) is 39.0 Å². The van der Waals surface area contributed by atoms with Crippen LogP contribution >= 0.6 is 24.0 Å². The molecule has 0 saturated carbocycles. The van der Waals surface area contributed by atoms with Crippen molar-refractivity contribution in [2.45, 2.75) is 51.1 Å². The predicted molar refractivity (Wildman–Crippen MR) is 115 cm³/mol. The Kier molecular flexibility index (Phi) is 8.17. The van der Waals surface area contributed by atoms with Gasteiger partial charge in [-0.1, -0.05) is 0 Å². The number of nitrogens with two attached hydrogens (primary N) is 1. The Morgan fingerprint density at radius 2 is 1.79 bits per heavy atom. The number of guanidine groups is 1. The summed E-state index contributed by atoms with van der Waals surface area (Å²) in [7, 11) is 0. The Balaban J connectivity index is 0.00000280. The highest BCUT2D eigenvalue weighted by Gasteiger charge is 2.42. The summed E-state index contributed by atoms with van der Waals surface area (Å²) in [5.74, 6) is -0.0120. The largest absolute Gasteiger partial charge is 0.444 e. The van der Waals surface area contributed by atoms with Crippen LogP contribution in [0.4, 0.5) is 4.79 Å². The lowest BCUT2D eigenvalue weighted by Crippen LogP contribution is -2.53. The van der Waals surface area contributed by atoms with Crippen LogP contribution in [-0.2, 0) is 18.9 Å². The van der Waals surface area contributed by atoms with Crippen LogP contribution in [0.25, 0.3) is 0 Å². The zero-order chi connectivity index (χ0) is 19.5. The zero-order valence-corrected chi connectivity index (χ0v) is 19.3. The molecule has 3 fully saturated rings. The van der Waals surface area contributed by atoms with Gasteiger partial charge in [-0.3, -0.25) is 4.99 Å². The van der Waals surface area contributed by atoms with Gasteiger partial charge in [0.15, 0.2) is 11.7 Å². The van der Waals surface area contributed by atoms with Crippen LogP contribution in [-0.4, -0.2) is 91.9 Å². The molecule has 1 atom stereocenters. The molecule has 1 unspecified atom stereocenters. The summed E-state index contributed by atoms with van der Waals surface area (Å²) in [6.45, 7) is 10.3. The van der Waals surface area contributed by atoms with E-state index >= 15 is 0 Å². The monoisotopic (exact) mass is 512 g/mol. The molecule has 0 aliphatic carbocycles. The molecule has 0 aromatic carbocycles. The molecule has 2 N–H and O–H groups in total. The summed E-state index contributed by atoms with van der Waals surface area (Å²) < 4.78 is 22.7. The molecular formula is C18H33IN4O5. The van der Waals surface area contributed by atoms with Crippen molar-refractivity contribution in [2.24, 2.45) is 10.7 Å². The first kappa shape index (κ1) is 23.4. The molecule has 0 aromatic heterocycles. The first-order chi connectivity index (χ1) is 12.8. The van der Waals surface area contributed by atoms with Gasteiger partial charge in [0.1, 0.15) is 11.7 Å². The first-order valence-corrected chi connectivity index (χ1v) is 9.69. The van der Waals surface area contributed by atoms with Gasteiger partial charge in [-0.2, -0.15) is 0 Å². The van der Waals surface area contributed by atoms with E-state index < -0.39 is 11.4 Å². The maximum absolute atomic E-state index is 12.1. The van der Waals surface area contributed by atoms with Crippen LogP contribution in [0.15, 0.2) is 4.99 Å². The fraction of sp³-hybridized carbons (Fsp3) is 0.889. The Morgan fingerprint density at radius 1 is 1.18 bits per heavy atom. The Bertz CT molecular complexity index is 555. The third kappa shape index (κ3) is 6.33. The fourth-order valence-electron chi connectivity index (χ4n) is 3.39. The molecule has 1 amide bonds. The number of nitrogens with zero attached hydrogens (tertiary/aromatic N) is 3. The summed E-state index contributed by atoms with van der Waals surface area (Å²) in [5, 5.41) is 0. The van der Waals surface area contributed by atoms with Crippen LogP contribution in [0.1, 0.15) is 33.6 Å². The normalized spacial score (nSPS) is 25.5. The zero-order valence-electron chi connectivity index (χ0n) is 17.0. The number of rotatable bonds is 2. The van der Waals surface area contributed by atoms with E-state index in [-0.39, 0.29) is 36.2 Å². The van der Waals surface area contributed by atoms with Gasteiger partial charge in [-0.05, 0) is 20.8 Å². The molecule has 162 valence electrons. The van der Waals surface area contributed by atoms with E-state index in [0.717, 1.165) is 12.8 Å². The number of carbonyl (C=O) groups is 1. The lowest BCUT2D eigenvalue weighted by atomic mass is 10.1. The van der Waals surface area contributed by atoms with Crippen molar-refractivity contribution in [1.82, 2.24) is 9.80 Å². The number of hydrogen-bond donors (Lipinski definition) is 1. The third-order valence-corrected chi connectivity index (χ3v) is 4.88. The summed E-state index contributed by atoms with van der Waals surface area (Å²) >= 11 is 0. The van der Waals surface area contributed by atoms with Crippen molar-refractivity contribution in [1.29, 1.82) is 0 Å². The molecule has 3 heterocycles. The predicted octanol–water partition coefficient (Wildman–Crippen LogP) is 1.39. The Hall–Kier alpha value is -0.850. The van der Waals surface area contributed by atoms with Gasteiger partial charge in [-0.15, -0.1) is 24.0 Å². The molecule has 0 aromatic rings. The van der Waals surface area contributed by atoms with Gasteiger partial charge in [0.2, 0.25) is 0 Å². The van der Waals surface area contributed by atoms with Crippen LogP contribution in [0.2, 0.25) is 0 Å². The summed E-state index contributed by atoms with van der Waals surface area (Å²) in [5.41, 5.74) is 5.66. The van der Waals surface area contributed by atoms with E-state index in [9.17, 15) is 4.79 Å². The van der Waals surface area contributed by atoms with Crippen molar-refractivity contribution >= 4 is 36.0 Å². The SMILES string of the molecule is CC(C)(C)OC(=O)N1CCN(C(N)=NCC2COC3(CCOCC3)O2)CC1.I. The Labute approximate surface area is 183 Å². The maximum Gasteiger partial charge on any atom is 0.410 e. The lowest BCUT2D eigenvalue weighted by molar-refractivity contribution is -0.210. The highest BCUT2D eigenvalue weighted by molar-refractivity contribution is 14.0. The fourth-order valence-corrected chi connectivity index (χ4v) is 3.39. The quantitative estimate of drug-likeness (QED) is 0.339. The summed E-state index contributed by atoms with van der Waals surface area (Å²) in [6.07, 6.45) is 1.16. The standard InChI is InChI=1S/C18H32N4O5.HI/c1-17(2,3)27-16(23)22-8-6-21(7-9-22)15(19)20-12-14-13-25-18(26-14)4-10-24-11-5-18;/h14H,4-13H2,1-3H3,(H2,19,20);1H. The van der Waals surface area contributed by atoms with Gasteiger partial charge >= 0.3 is 6.09 Å². The highest BCUT2D eigenvalue weighted by Crippen LogP contribution is 2.33. The van der Waals surface area contributed by atoms with Gasteiger partial charge < -0.3 is 34.5 Å². The number of ether oxygens (including phenoxy) is 4. The smallest absolute Gasteiger partial charge is 0.410 e. The van der Waals surface area contributed by atoms with Crippen LogP contribution in [0, 0.1) is 0 Å².